The number of hydrogen-bond donors (Lipinski definition) is 1. The number of carbonyl (C=O) groups is 1. The maximum Gasteiger partial charge on any atom is 0.407 e. The Bertz CT molecular complexity index is 339. The number of rotatable bonds is 3. The van der Waals surface area contributed by atoms with Crippen LogP contribution in [0.2, 0.25) is 0 Å². The molecule has 0 aliphatic rings. The molecule has 0 saturated carbocycles. The lowest BCUT2D eigenvalue weighted by Crippen LogP contribution is -2.30. The minimum absolute atomic E-state index is 0.0657. The van der Waals surface area contributed by atoms with E-state index in [1.54, 1.807) is 12.3 Å². The van der Waals surface area contributed by atoms with Crippen LogP contribution in [0.1, 0.15) is 25.4 Å². The molecule has 0 fully saturated rings. The molecule has 1 rings (SSSR count). The third kappa shape index (κ3) is 4.39. The summed E-state index contributed by atoms with van der Waals surface area (Å²) in [6, 6.07) is 1.86. The zero-order valence-electron chi connectivity index (χ0n) is 9.15. The standard InChI is InChI=1S/C10H15N3O2/c1-7(2)12-10(14)15-6-9-11-5-4-8(3)13-9/h4-5,7H,6H2,1-3H3,(H,12,14). The minimum Gasteiger partial charge on any atom is -0.441 e. The van der Waals surface area contributed by atoms with Crippen molar-refractivity contribution < 1.29 is 9.53 Å². The van der Waals surface area contributed by atoms with Crippen LogP contribution in [0.25, 0.3) is 0 Å². The van der Waals surface area contributed by atoms with Crippen molar-refractivity contribution in [1.29, 1.82) is 0 Å². The molecule has 0 aromatic carbocycles. The molecule has 0 atom stereocenters. The molecule has 1 aromatic heterocycles. The van der Waals surface area contributed by atoms with E-state index in [-0.39, 0.29) is 12.6 Å². The molecule has 0 aliphatic carbocycles. The van der Waals surface area contributed by atoms with Crippen molar-refractivity contribution in [3.05, 3.63) is 23.8 Å². The Morgan fingerprint density at radius 1 is 1.60 bits per heavy atom. The first-order valence-corrected chi connectivity index (χ1v) is 4.79. The molecule has 0 unspecified atom stereocenters. The number of alkyl carbamates (subject to hydrolysis) is 1. The van der Waals surface area contributed by atoms with Gasteiger partial charge >= 0.3 is 6.09 Å². The van der Waals surface area contributed by atoms with Gasteiger partial charge in [-0.3, -0.25) is 0 Å². The van der Waals surface area contributed by atoms with E-state index in [2.05, 4.69) is 15.3 Å². The smallest absolute Gasteiger partial charge is 0.407 e. The highest BCUT2D eigenvalue weighted by Gasteiger charge is 2.05. The summed E-state index contributed by atoms with van der Waals surface area (Å²) in [5.41, 5.74) is 0.855. The molecule has 0 bridgehead atoms. The second kappa shape index (κ2) is 5.29. The van der Waals surface area contributed by atoms with E-state index >= 15 is 0 Å². The summed E-state index contributed by atoms with van der Waals surface area (Å²) in [5.74, 6) is 0.508. The number of aryl methyl sites for hydroxylation is 1. The minimum atomic E-state index is -0.449. The predicted octanol–water partition coefficient (Wildman–Crippen LogP) is 1.42. The van der Waals surface area contributed by atoms with Crippen LogP contribution in [0.15, 0.2) is 12.3 Å². The van der Waals surface area contributed by atoms with Crippen molar-refractivity contribution in [2.75, 3.05) is 0 Å². The summed E-state index contributed by atoms with van der Waals surface area (Å²) >= 11 is 0. The zero-order valence-corrected chi connectivity index (χ0v) is 9.15. The zero-order chi connectivity index (χ0) is 11.3. The van der Waals surface area contributed by atoms with Crippen molar-refractivity contribution in [2.24, 2.45) is 0 Å². The summed E-state index contributed by atoms with van der Waals surface area (Å²) in [6.45, 7) is 5.69. The van der Waals surface area contributed by atoms with E-state index in [0.717, 1.165) is 5.69 Å². The molecule has 0 aliphatic heterocycles. The fourth-order valence-corrected chi connectivity index (χ4v) is 0.978. The number of ether oxygens (including phenoxy) is 1. The van der Waals surface area contributed by atoms with Crippen LogP contribution < -0.4 is 5.32 Å². The quantitative estimate of drug-likeness (QED) is 0.817. The van der Waals surface area contributed by atoms with Gasteiger partial charge in [-0.15, -0.1) is 0 Å². The molecule has 1 aromatic rings. The van der Waals surface area contributed by atoms with E-state index in [9.17, 15) is 4.79 Å². The SMILES string of the molecule is Cc1ccnc(COC(=O)NC(C)C)n1. The van der Waals surface area contributed by atoms with Crippen LogP contribution in [0.3, 0.4) is 0 Å². The molecule has 82 valence electrons. The molecule has 0 saturated heterocycles. The highest BCUT2D eigenvalue weighted by Crippen LogP contribution is 1.96. The van der Waals surface area contributed by atoms with E-state index < -0.39 is 6.09 Å². The number of amides is 1. The van der Waals surface area contributed by atoms with Crippen LogP contribution in [0.5, 0.6) is 0 Å². The molecule has 0 spiro atoms. The van der Waals surface area contributed by atoms with Gasteiger partial charge in [-0.2, -0.15) is 0 Å². The van der Waals surface area contributed by atoms with Gasteiger partial charge in [0.25, 0.3) is 0 Å². The second-order valence-electron chi connectivity index (χ2n) is 3.49. The monoisotopic (exact) mass is 209 g/mol. The lowest BCUT2D eigenvalue weighted by atomic mass is 10.4. The van der Waals surface area contributed by atoms with E-state index in [1.807, 2.05) is 20.8 Å². The molecular formula is C10H15N3O2. The Hall–Kier alpha value is -1.65. The van der Waals surface area contributed by atoms with Gasteiger partial charge in [0.2, 0.25) is 0 Å². The van der Waals surface area contributed by atoms with Gasteiger partial charge in [-0.25, -0.2) is 14.8 Å². The first-order valence-electron chi connectivity index (χ1n) is 4.79. The third-order valence-electron chi connectivity index (χ3n) is 1.58. The highest BCUT2D eigenvalue weighted by atomic mass is 16.5. The number of carbonyl (C=O) groups excluding carboxylic acids is 1. The molecule has 1 heterocycles. The molecule has 15 heavy (non-hydrogen) atoms. The third-order valence-corrected chi connectivity index (χ3v) is 1.58. The first-order chi connectivity index (χ1) is 7.08. The maximum absolute atomic E-state index is 11.1. The van der Waals surface area contributed by atoms with Gasteiger partial charge in [0.1, 0.15) is 0 Å². The first kappa shape index (κ1) is 11.4. The van der Waals surface area contributed by atoms with Crippen molar-refractivity contribution >= 4 is 6.09 Å². The summed E-state index contributed by atoms with van der Waals surface area (Å²) in [4.78, 5) is 19.2. The number of hydrogen-bond acceptors (Lipinski definition) is 4. The fraction of sp³-hybridized carbons (Fsp3) is 0.500. The van der Waals surface area contributed by atoms with Gasteiger partial charge in [0.05, 0.1) is 0 Å². The van der Waals surface area contributed by atoms with Crippen LogP contribution >= 0.6 is 0 Å². The molecular weight excluding hydrogens is 194 g/mol. The average Bonchev–Trinajstić information content (AvgIpc) is 2.14. The van der Waals surface area contributed by atoms with Gasteiger partial charge in [0, 0.05) is 17.9 Å². The molecule has 5 heteroatoms. The maximum atomic E-state index is 11.1. The number of aromatic nitrogens is 2. The lowest BCUT2D eigenvalue weighted by molar-refractivity contribution is 0.134. The van der Waals surface area contributed by atoms with Crippen LogP contribution in [0.4, 0.5) is 4.79 Å². The number of nitrogens with zero attached hydrogens (tertiary/aromatic N) is 2. The second-order valence-corrected chi connectivity index (χ2v) is 3.49. The summed E-state index contributed by atoms with van der Waals surface area (Å²) < 4.78 is 4.92. The molecule has 1 amide bonds. The Kier molecular flexibility index (Phi) is 4.03. The largest absolute Gasteiger partial charge is 0.441 e. The fourth-order valence-electron chi connectivity index (χ4n) is 0.978. The normalized spacial score (nSPS) is 10.1. The summed E-state index contributed by atoms with van der Waals surface area (Å²) in [6.07, 6.45) is 1.19. The molecule has 0 radical (unpaired) electrons. The Balaban J connectivity index is 2.40. The van der Waals surface area contributed by atoms with Gasteiger partial charge < -0.3 is 10.1 Å². The van der Waals surface area contributed by atoms with Crippen molar-refractivity contribution in [1.82, 2.24) is 15.3 Å². The Morgan fingerprint density at radius 3 is 2.93 bits per heavy atom. The topological polar surface area (TPSA) is 64.1 Å². The number of nitrogens with one attached hydrogen (secondary N) is 1. The Morgan fingerprint density at radius 2 is 2.33 bits per heavy atom. The van der Waals surface area contributed by atoms with Crippen LogP contribution in [-0.2, 0) is 11.3 Å². The van der Waals surface area contributed by atoms with E-state index in [4.69, 9.17) is 4.74 Å². The van der Waals surface area contributed by atoms with Crippen molar-refractivity contribution in [3.63, 3.8) is 0 Å². The van der Waals surface area contributed by atoms with Crippen molar-refractivity contribution in [2.45, 2.75) is 33.4 Å². The van der Waals surface area contributed by atoms with E-state index in [1.165, 1.54) is 0 Å². The van der Waals surface area contributed by atoms with Crippen LogP contribution in [0, 0.1) is 6.92 Å². The summed E-state index contributed by atoms with van der Waals surface area (Å²) in [7, 11) is 0. The van der Waals surface area contributed by atoms with Gasteiger partial charge in [-0.05, 0) is 26.8 Å². The predicted molar refractivity (Wildman–Crippen MR) is 55.2 cm³/mol. The van der Waals surface area contributed by atoms with Gasteiger partial charge in [0.15, 0.2) is 12.4 Å². The van der Waals surface area contributed by atoms with Crippen molar-refractivity contribution in [3.8, 4) is 0 Å². The van der Waals surface area contributed by atoms with E-state index in [0.29, 0.717) is 5.82 Å². The lowest BCUT2D eigenvalue weighted by Gasteiger charge is -2.08. The van der Waals surface area contributed by atoms with Crippen LogP contribution in [-0.4, -0.2) is 22.1 Å². The van der Waals surface area contributed by atoms with Gasteiger partial charge in [-0.1, -0.05) is 0 Å². The molecule has 5 nitrogen and oxygen atoms in total. The highest BCUT2D eigenvalue weighted by molar-refractivity contribution is 5.67. The Labute approximate surface area is 88.9 Å². The average molecular weight is 209 g/mol. The summed E-state index contributed by atoms with van der Waals surface area (Å²) in [5, 5.41) is 2.61. The molecule has 1 N–H and O–H groups in total.